The van der Waals surface area contributed by atoms with E-state index in [0.29, 0.717) is 18.5 Å². The molecule has 1 saturated heterocycles. The minimum Gasteiger partial charge on any atom is -0.464 e. The van der Waals surface area contributed by atoms with Crippen LogP contribution in [-0.2, 0) is 11.3 Å². The molecule has 4 rings (SSSR count). The van der Waals surface area contributed by atoms with Crippen molar-refractivity contribution in [2.75, 3.05) is 6.61 Å². The molecule has 1 aromatic rings. The van der Waals surface area contributed by atoms with Crippen LogP contribution in [0, 0.1) is 5.92 Å². The van der Waals surface area contributed by atoms with Gasteiger partial charge in [-0.2, -0.15) is 0 Å². The number of urea groups is 1. The maximum absolute atomic E-state index is 12.7. The lowest BCUT2D eigenvalue weighted by atomic mass is 10.1. The molecule has 4 unspecified atom stereocenters. The smallest absolute Gasteiger partial charge is 0.318 e. The highest BCUT2D eigenvalue weighted by atomic mass is 16.5. The molecule has 4 atom stereocenters. The van der Waals surface area contributed by atoms with Gasteiger partial charge in [-0.25, -0.2) is 4.79 Å². The van der Waals surface area contributed by atoms with E-state index in [9.17, 15) is 4.79 Å². The van der Waals surface area contributed by atoms with Crippen molar-refractivity contribution in [1.29, 1.82) is 0 Å². The zero-order chi connectivity index (χ0) is 16.7. The summed E-state index contributed by atoms with van der Waals surface area (Å²) in [6, 6.07) is 4.54. The van der Waals surface area contributed by atoms with Gasteiger partial charge in [-0.05, 0) is 57.1 Å². The van der Waals surface area contributed by atoms with Gasteiger partial charge in [0.2, 0.25) is 0 Å². The van der Waals surface area contributed by atoms with Crippen LogP contribution in [0.3, 0.4) is 0 Å². The van der Waals surface area contributed by atoms with E-state index in [1.807, 2.05) is 17.9 Å². The predicted octanol–water partition coefficient (Wildman–Crippen LogP) is 3.64. The summed E-state index contributed by atoms with van der Waals surface area (Å²) in [5, 5.41) is 3.13. The molecule has 1 aromatic heterocycles. The number of amides is 2. The van der Waals surface area contributed by atoms with Gasteiger partial charge in [0, 0.05) is 18.6 Å². The Bertz CT molecular complexity index is 589. The zero-order valence-electron chi connectivity index (χ0n) is 14.7. The lowest BCUT2D eigenvalue weighted by molar-refractivity contribution is 0.0825. The molecule has 2 amide bonds. The van der Waals surface area contributed by atoms with E-state index in [0.717, 1.165) is 49.7 Å². The van der Waals surface area contributed by atoms with Gasteiger partial charge < -0.3 is 19.4 Å². The number of nitrogens with zero attached hydrogens (tertiary/aromatic N) is 1. The first kappa shape index (κ1) is 16.0. The van der Waals surface area contributed by atoms with E-state index in [4.69, 9.17) is 9.15 Å². The van der Waals surface area contributed by atoms with Crippen molar-refractivity contribution in [3.63, 3.8) is 0 Å². The third-order valence-corrected chi connectivity index (χ3v) is 5.61. The standard InChI is InChI=1S/C19H28N2O3/c1-12-10-16(12)18-8-7-15(24-18)11-21(14-5-6-14)19(22)20-13(2)17-4-3-9-23-17/h7-8,12-14,16-17H,3-6,9-11H2,1-2H3,(H,20,22). The quantitative estimate of drug-likeness (QED) is 0.865. The second-order valence-corrected chi connectivity index (χ2v) is 7.77. The summed E-state index contributed by atoms with van der Waals surface area (Å²) in [6.45, 7) is 5.67. The van der Waals surface area contributed by atoms with Crippen molar-refractivity contribution in [2.45, 2.75) is 76.6 Å². The molecule has 3 aliphatic rings. The minimum absolute atomic E-state index is 0.0123. The Morgan fingerprint density at radius 1 is 1.38 bits per heavy atom. The Morgan fingerprint density at radius 2 is 2.17 bits per heavy atom. The van der Waals surface area contributed by atoms with Crippen LogP contribution < -0.4 is 5.32 Å². The highest BCUT2D eigenvalue weighted by Gasteiger charge is 2.38. The van der Waals surface area contributed by atoms with E-state index in [-0.39, 0.29) is 18.2 Å². The summed E-state index contributed by atoms with van der Waals surface area (Å²) in [5.74, 6) is 3.30. The summed E-state index contributed by atoms with van der Waals surface area (Å²) < 4.78 is 11.7. The van der Waals surface area contributed by atoms with Crippen LogP contribution in [0.1, 0.15) is 63.4 Å². The SMILES string of the molecule is CC1CC1c1ccc(CN(C(=O)NC(C)C2CCCO2)C2CC2)o1. The fourth-order valence-electron chi connectivity index (χ4n) is 3.69. The Morgan fingerprint density at radius 3 is 2.79 bits per heavy atom. The number of carbonyl (C=O) groups is 1. The summed E-state index contributed by atoms with van der Waals surface area (Å²) in [6.07, 6.45) is 5.68. The first-order chi connectivity index (χ1) is 11.6. The predicted molar refractivity (Wildman–Crippen MR) is 90.8 cm³/mol. The Labute approximate surface area is 143 Å². The van der Waals surface area contributed by atoms with Crippen molar-refractivity contribution in [1.82, 2.24) is 10.2 Å². The summed E-state index contributed by atoms with van der Waals surface area (Å²) in [5.41, 5.74) is 0. The van der Waals surface area contributed by atoms with E-state index >= 15 is 0 Å². The second kappa shape index (κ2) is 6.43. The van der Waals surface area contributed by atoms with Crippen molar-refractivity contribution >= 4 is 6.03 Å². The van der Waals surface area contributed by atoms with Crippen LogP contribution >= 0.6 is 0 Å². The van der Waals surface area contributed by atoms with Gasteiger partial charge in [0.1, 0.15) is 11.5 Å². The number of carbonyl (C=O) groups excluding carboxylic acids is 1. The maximum Gasteiger partial charge on any atom is 0.318 e. The van der Waals surface area contributed by atoms with Gasteiger partial charge in [-0.15, -0.1) is 0 Å². The van der Waals surface area contributed by atoms with E-state index in [1.165, 1.54) is 6.42 Å². The van der Waals surface area contributed by atoms with Gasteiger partial charge in [0.15, 0.2) is 0 Å². The lowest BCUT2D eigenvalue weighted by Gasteiger charge is -2.26. The average Bonchev–Trinajstić information content (AvgIpc) is 3.40. The number of ether oxygens (including phenoxy) is 1. The molecule has 24 heavy (non-hydrogen) atoms. The fourth-order valence-corrected chi connectivity index (χ4v) is 3.69. The van der Waals surface area contributed by atoms with Gasteiger partial charge in [-0.3, -0.25) is 0 Å². The maximum atomic E-state index is 12.7. The van der Waals surface area contributed by atoms with Gasteiger partial charge in [-0.1, -0.05) is 6.92 Å². The zero-order valence-corrected chi connectivity index (χ0v) is 14.7. The van der Waals surface area contributed by atoms with Crippen LogP contribution in [0.25, 0.3) is 0 Å². The number of rotatable bonds is 6. The number of nitrogens with one attached hydrogen (secondary N) is 1. The van der Waals surface area contributed by atoms with E-state index < -0.39 is 0 Å². The van der Waals surface area contributed by atoms with Crippen molar-refractivity contribution in [3.8, 4) is 0 Å². The highest BCUT2D eigenvalue weighted by molar-refractivity contribution is 5.75. The van der Waals surface area contributed by atoms with Crippen LogP contribution in [-0.4, -0.2) is 35.7 Å². The third-order valence-electron chi connectivity index (χ3n) is 5.61. The highest BCUT2D eigenvalue weighted by Crippen LogP contribution is 2.47. The Hall–Kier alpha value is -1.49. The molecular formula is C19H28N2O3. The molecular weight excluding hydrogens is 304 g/mol. The minimum atomic E-state index is 0.0123. The molecule has 1 aliphatic heterocycles. The van der Waals surface area contributed by atoms with Gasteiger partial charge >= 0.3 is 6.03 Å². The first-order valence-corrected chi connectivity index (χ1v) is 9.39. The molecule has 2 aliphatic carbocycles. The molecule has 3 fully saturated rings. The molecule has 0 bridgehead atoms. The third kappa shape index (κ3) is 3.46. The summed E-state index contributed by atoms with van der Waals surface area (Å²) in [7, 11) is 0. The van der Waals surface area contributed by atoms with Crippen LogP contribution in [0.5, 0.6) is 0 Å². The topological polar surface area (TPSA) is 54.7 Å². The van der Waals surface area contributed by atoms with Crippen LogP contribution in [0.15, 0.2) is 16.5 Å². The molecule has 132 valence electrons. The second-order valence-electron chi connectivity index (χ2n) is 7.77. The molecule has 2 saturated carbocycles. The summed E-state index contributed by atoms with van der Waals surface area (Å²) >= 11 is 0. The number of hydrogen-bond donors (Lipinski definition) is 1. The molecule has 5 nitrogen and oxygen atoms in total. The van der Waals surface area contributed by atoms with Crippen LogP contribution in [0.2, 0.25) is 0 Å². The average molecular weight is 332 g/mol. The molecule has 0 radical (unpaired) electrons. The number of hydrogen-bond acceptors (Lipinski definition) is 3. The van der Waals surface area contributed by atoms with Crippen molar-refractivity contribution in [3.05, 3.63) is 23.7 Å². The molecule has 1 N–H and O–H groups in total. The fraction of sp³-hybridized carbons (Fsp3) is 0.737. The molecule has 0 aromatic carbocycles. The molecule has 0 spiro atoms. The lowest BCUT2D eigenvalue weighted by Crippen LogP contribution is -2.48. The van der Waals surface area contributed by atoms with Crippen molar-refractivity contribution in [2.24, 2.45) is 5.92 Å². The largest absolute Gasteiger partial charge is 0.464 e. The molecule has 5 heteroatoms. The van der Waals surface area contributed by atoms with Crippen LogP contribution in [0.4, 0.5) is 4.79 Å². The van der Waals surface area contributed by atoms with Gasteiger partial charge in [0.25, 0.3) is 0 Å². The first-order valence-electron chi connectivity index (χ1n) is 9.39. The Kier molecular flexibility index (Phi) is 4.29. The monoisotopic (exact) mass is 332 g/mol. The van der Waals surface area contributed by atoms with E-state index in [2.05, 4.69) is 18.3 Å². The van der Waals surface area contributed by atoms with E-state index in [1.54, 1.807) is 0 Å². The Balaban J connectivity index is 1.36. The summed E-state index contributed by atoms with van der Waals surface area (Å²) in [4.78, 5) is 14.7. The number of furan rings is 1. The van der Waals surface area contributed by atoms with Crippen molar-refractivity contribution < 1.29 is 13.9 Å². The molecule has 2 heterocycles. The van der Waals surface area contributed by atoms with Gasteiger partial charge in [0.05, 0.1) is 18.7 Å². The normalized spacial score (nSPS) is 30.2.